The molecule has 2 aromatic carbocycles. The molecule has 27 heavy (non-hydrogen) atoms. The highest BCUT2D eigenvalue weighted by atomic mass is 19.1. The van der Waals surface area contributed by atoms with E-state index in [4.69, 9.17) is 9.47 Å². The number of hydrogen-bond acceptors (Lipinski definition) is 3. The van der Waals surface area contributed by atoms with Crippen LogP contribution in [0.25, 0.3) is 0 Å². The molecule has 0 bridgehead atoms. The number of rotatable bonds is 5. The van der Waals surface area contributed by atoms with Gasteiger partial charge in [-0.15, -0.1) is 0 Å². The lowest BCUT2D eigenvalue weighted by Crippen LogP contribution is -3.13. The van der Waals surface area contributed by atoms with Crippen LogP contribution in [0.1, 0.15) is 15.9 Å². The first-order valence-corrected chi connectivity index (χ1v) is 8.80. The molecule has 5 nitrogen and oxygen atoms in total. The molecule has 0 radical (unpaired) electrons. The Bertz CT molecular complexity index is 821. The highest BCUT2D eigenvalue weighted by Gasteiger charge is 2.25. The predicted molar refractivity (Wildman–Crippen MR) is 96.2 cm³/mol. The molecule has 0 spiro atoms. The van der Waals surface area contributed by atoms with Crippen molar-refractivity contribution < 1.29 is 27.9 Å². The van der Waals surface area contributed by atoms with Gasteiger partial charge in [-0.3, -0.25) is 4.79 Å². The first kappa shape index (κ1) is 19.1. The third-order valence-corrected chi connectivity index (χ3v) is 4.83. The maximum Gasteiger partial charge on any atom is 0.254 e. The molecule has 1 amide bonds. The largest absolute Gasteiger partial charge is 0.494 e. The molecule has 3 rings (SSSR count). The summed E-state index contributed by atoms with van der Waals surface area (Å²) in [6.07, 6.45) is 0. The molecule has 1 saturated heterocycles. The van der Waals surface area contributed by atoms with Crippen LogP contribution < -0.4 is 14.4 Å². The molecule has 144 valence electrons. The highest BCUT2D eigenvalue weighted by Crippen LogP contribution is 2.19. The number of carbonyl (C=O) groups excluding carboxylic acids is 1. The summed E-state index contributed by atoms with van der Waals surface area (Å²) in [6.45, 7) is 3.32. The molecule has 1 heterocycles. The van der Waals surface area contributed by atoms with E-state index < -0.39 is 5.82 Å². The van der Waals surface area contributed by atoms with Gasteiger partial charge in [0.25, 0.3) is 5.91 Å². The molecule has 1 N–H and O–H groups in total. The van der Waals surface area contributed by atoms with Gasteiger partial charge in [-0.2, -0.15) is 0 Å². The Labute approximate surface area is 157 Å². The molecule has 0 atom stereocenters. The molecule has 0 aromatic heterocycles. The molecular formula is C20H23F2N2O3+. The molecule has 7 heteroatoms. The fraction of sp³-hybridized carbons (Fsp3) is 0.350. The third-order valence-electron chi connectivity index (χ3n) is 4.83. The van der Waals surface area contributed by atoms with Gasteiger partial charge in [0.15, 0.2) is 23.1 Å². The maximum absolute atomic E-state index is 13.8. The number of benzene rings is 2. The number of piperazine rings is 1. The van der Waals surface area contributed by atoms with Crippen LogP contribution in [-0.2, 0) is 6.54 Å². The van der Waals surface area contributed by atoms with Crippen molar-refractivity contribution in [2.75, 3.05) is 40.4 Å². The van der Waals surface area contributed by atoms with Gasteiger partial charge in [0.2, 0.25) is 0 Å². The zero-order chi connectivity index (χ0) is 19.4. The topological polar surface area (TPSA) is 43.2 Å². The first-order chi connectivity index (χ1) is 13.0. The smallest absolute Gasteiger partial charge is 0.254 e. The Morgan fingerprint density at radius 2 is 1.59 bits per heavy atom. The van der Waals surface area contributed by atoms with Crippen LogP contribution in [-0.4, -0.2) is 51.2 Å². The Kier molecular flexibility index (Phi) is 5.91. The average Bonchev–Trinajstić information content (AvgIpc) is 2.68. The zero-order valence-electron chi connectivity index (χ0n) is 15.4. The fourth-order valence-electron chi connectivity index (χ4n) is 3.29. The van der Waals surface area contributed by atoms with Crippen molar-refractivity contribution in [3.05, 3.63) is 59.2 Å². The first-order valence-electron chi connectivity index (χ1n) is 8.80. The Balaban J connectivity index is 1.57. The van der Waals surface area contributed by atoms with E-state index in [0.717, 1.165) is 18.7 Å². The standard InChI is InChI=1S/C20H22F2N2O3/c1-26-18-5-3-14(11-16(18)21)13-23-7-9-24(10-8-23)20(25)15-4-6-19(27-2)17(22)12-15/h3-6,11-12H,7-10,13H2,1-2H3/p+1. The van der Waals surface area contributed by atoms with E-state index in [2.05, 4.69) is 0 Å². The van der Waals surface area contributed by atoms with Gasteiger partial charge in [0.1, 0.15) is 6.54 Å². The predicted octanol–water partition coefficient (Wildman–Crippen LogP) is 1.52. The Morgan fingerprint density at radius 1 is 1.00 bits per heavy atom. The van der Waals surface area contributed by atoms with Gasteiger partial charge < -0.3 is 19.3 Å². The number of ether oxygens (including phenoxy) is 2. The maximum atomic E-state index is 13.8. The number of carbonyl (C=O) groups is 1. The second kappa shape index (κ2) is 8.35. The van der Waals surface area contributed by atoms with Gasteiger partial charge in [-0.25, -0.2) is 8.78 Å². The quantitative estimate of drug-likeness (QED) is 0.859. The Morgan fingerprint density at radius 3 is 2.15 bits per heavy atom. The number of halogens is 2. The average molecular weight is 377 g/mol. The van der Waals surface area contributed by atoms with Crippen LogP contribution in [0.4, 0.5) is 8.78 Å². The minimum Gasteiger partial charge on any atom is -0.494 e. The van der Waals surface area contributed by atoms with Crippen molar-refractivity contribution in [1.82, 2.24) is 4.90 Å². The van der Waals surface area contributed by atoms with Gasteiger partial charge in [0, 0.05) is 11.1 Å². The minimum atomic E-state index is -0.547. The highest BCUT2D eigenvalue weighted by molar-refractivity contribution is 5.94. The second-order valence-corrected chi connectivity index (χ2v) is 6.54. The van der Waals surface area contributed by atoms with E-state index in [0.29, 0.717) is 25.2 Å². The molecule has 0 saturated carbocycles. The van der Waals surface area contributed by atoms with Crippen molar-refractivity contribution in [3.8, 4) is 11.5 Å². The van der Waals surface area contributed by atoms with E-state index in [-0.39, 0.29) is 23.2 Å². The van der Waals surface area contributed by atoms with Gasteiger partial charge in [-0.05, 0) is 36.4 Å². The van der Waals surface area contributed by atoms with Gasteiger partial charge in [0.05, 0.1) is 40.4 Å². The van der Waals surface area contributed by atoms with Crippen LogP contribution in [0.5, 0.6) is 11.5 Å². The number of quaternary nitrogens is 1. The summed E-state index contributed by atoms with van der Waals surface area (Å²) in [4.78, 5) is 15.6. The summed E-state index contributed by atoms with van der Waals surface area (Å²) in [5, 5.41) is 0. The van der Waals surface area contributed by atoms with Crippen LogP contribution in [0.3, 0.4) is 0 Å². The fourth-order valence-corrected chi connectivity index (χ4v) is 3.29. The van der Waals surface area contributed by atoms with Crippen molar-refractivity contribution in [2.24, 2.45) is 0 Å². The van der Waals surface area contributed by atoms with Crippen LogP contribution >= 0.6 is 0 Å². The summed E-state index contributed by atoms with van der Waals surface area (Å²) < 4.78 is 37.5. The number of hydrogen-bond donors (Lipinski definition) is 1. The SMILES string of the molecule is COc1ccc(C[NH+]2CCN(C(=O)c3ccc(OC)c(F)c3)CC2)cc1F. The monoisotopic (exact) mass is 377 g/mol. The molecular weight excluding hydrogens is 354 g/mol. The second-order valence-electron chi connectivity index (χ2n) is 6.54. The normalized spacial score (nSPS) is 14.9. The summed E-state index contributed by atoms with van der Waals surface area (Å²) in [5.74, 6) is -0.756. The summed E-state index contributed by atoms with van der Waals surface area (Å²) >= 11 is 0. The lowest BCUT2D eigenvalue weighted by atomic mass is 10.1. The van der Waals surface area contributed by atoms with E-state index in [9.17, 15) is 13.6 Å². The Hall–Kier alpha value is -2.67. The van der Waals surface area contributed by atoms with Crippen molar-refractivity contribution in [2.45, 2.75) is 6.54 Å². The molecule has 1 aliphatic rings. The number of nitrogens with one attached hydrogen (secondary N) is 1. The number of methoxy groups -OCH3 is 2. The molecule has 2 aromatic rings. The van der Waals surface area contributed by atoms with Crippen molar-refractivity contribution in [3.63, 3.8) is 0 Å². The lowest BCUT2D eigenvalue weighted by molar-refractivity contribution is -0.917. The molecule has 0 unspecified atom stereocenters. The molecule has 1 aliphatic heterocycles. The van der Waals surface area contributed by atoms with Crippen molar-refractivity contribution in [1.29, 1.82) is 0 Å². The summed E-state index contributed by atoms with van der Waals surface area (Å²) in [6, 6.07) is 9.21. The van der Waals surface area contributed by atoms with E-state index in [1.54, 1.807) is 17.0 Å². The van der Waals surface area contributed by atoms with Crippen LogP contribution in [0.15, 0.2) is 36.4 Å². The zero-order valence-corrected chi connectivity index (χ0v) is 15.4. The number of amides is 1. The van der Waals surface area contributed by atoms with E-state index in [1.807, 2.05) is 6.07 Å². The van der Waals surface area contributed by atoms with Crippen LogP contribution in [0, 0.1) is 11.6 Å². The van der Waals surface area contributed by atoms with E-state index in [1.165, 1.54) is 37.3 Å². The van der Waals surface area contributed by atoms with Crippen molar-refractivity contribution >= 4 is 5.91 Å². The minimum absolute atomic E-state index is 0.118. The lowest BCUT2D eigenvalue weighted by Gasteiger charge is -2.32. The van der Waals surface area contributed by atoms with E-state index >= 15 is 0 Å². The molecule has 0 aliphatic carbocycles. The molecule has 1 fully saturated rings. The summed E-state index contributed by atoms with van der Waals surface area (Å²) in [5.41, 5.74) is 1.20. The van der Waals surface area contributed by atoms with Gasteiger partial charge >= 0.3 is 0 Å². The summed E-state index contributed by atoms with van der Waals surface area (Å²) in [7, 11) is 2.82. The van der Waals surface area contributed by atoms with Gasteiger partial charge in [-0.1, -0.05) is 0 Å². The number of nitrogens with zero attached hydrogens (tertiary/aromatic N) is 1. The third kappa shape index (κ3) is 4.36. The van der Waals surface area contributed by atoms with Crippen LogP contribution in [0.2, 0.25) is 0 Å².